The summed E-state index contributed by atoms with van der Waals surface area (Å²) in [6, 6.07) is 24.3. The number of furan rings is 1. The molecule has 236 valence electrons. The molecule has 1 unspecified atom stereocenters. The van der Waals surface area contributed by atoms with Crippen molar-refractivity contribution in [3.05, 3.63) is 133 Å². The Kier molecular flexibility index (Phi) is 8.05. The fourth-order valence-electron chi connectivity index (χ4n) is 5.54. The molecule has 7 rings (SSSR count). The Morgan fingerprint density at radius 2 is 1.64 bits per heavy atom. The zero-order valence-electron chi connectivity index (χ0n) is 25.4. The molecule has 3 aromatic carbocycles. The Hall–Kier alpha value is -5.68. The predicted octanol–water partition coefficient (Wildman–Crippen LogP) is 5.10. The van der Waals surface area contributed by atoms with E-state index in [1.807, 2.05) is 36.4 Å². The molecule has 0 aliphatic carbocycles. The van der Waals surface area contributed by atoms with Gasteiger partial charge in [-0.3, -0.25) is 9.36 Å². The zero-order chi connectivity index (χ0) is 32.5. The van der Waals surface area contributed by atoms with Crippen molar-refractivity contribution in [1.29, 1.82) is 0 Å². The normalized spacial score (nSPS) is 15.3. The van der Waals surface area contributed by atoms with Crippen LogP contribution >= 0.6 is 11.3 Å². The lowest BCUT2D eigenvalue weighted by Gasteiger charge is -2.26. The highest BCUT2D eigenvalue weighted by Crippen LogP contribution is 2.40. The number of benzene rings is 3. The molecule has 4 heterocycles. The first-order chi connectivity index (χ1) is 22.9. The number of thiazole rings is 1. The maximum absolute atomic E-state index is 14.2. The number of fused-ring (bicyclic) bond motifs is 2. The molecule has 0 saturated carbocycles. The second kappa shape index (κ2) is 12.6. The van der Waals surface area contributed by atoms with Crippen LogP contribution in [0, 0.1) is 0 Å². The van der Waals surface area contributed by atoms with E-state index in [-0.39, 0.29) is 24.5 Å². The summed E-state index contributed by atoms with van der Waals surface area (Å²) < 4.78 is 29.8. The largest absolute Gasteiger partial charge is 0.463 e. The zero-order valence-corrected chi connectivity index (χ0v) is 26.2. The Morgan fingerprint density at radius 3 is 2.40 bits per heavy atom. The van der Waals surface area contributed by atoms with Crippen molar-refractivity contribution in [1.82, 2.24) is 4.57 Å². The molecule has 0 spiro atoms. The Bertz CT molecular complexity index is 2210. The van der Waals surface area contributed by atoms with E-state index < -0.39 is 18.0 Å². The topological polar surface area (TPSA) is 119 Å². The first-order valence-electron chi connectivity index (χ1n) is 15.0. The van der Waals surface area contributed by atoms with Crippen molar-refractivity contribution in [3.8, 4) is 22.8 Å². The molecule has 0 bridgehead atoms. The molecule has 47 heavy (non-hydrogen) atoms. The molecule has 11 heteroatoms. The molecule has 2 aliphatic heterocycles. The van der Waals surface area contributed by atoms with Gasteiger partial charge in [-0.15, -0.1) is 0 Å². The van der Waals surface area contributed by atoms with E-state index in [1.54, 1.807) is 68.5 Å². The highest BCUT2D eigenvalue weighted by Gasteiger charge is 2.36. The molecule has 2 aromatic heterocycles. The van der Waals surface area contributed by atoms with E-state index in [1.165, 1.54) is 15.9 Å². The summed E-state index contributed by atoms with van der Waals surface area (Å²) in [7, 11) is 0. The van der Waals surface area contributed by atoms with Crippen LogP contribution in [0.4, 0.5) is 0 Å². The van der Waals surface area contributed by atoms with E-state index in [4.69, 9.17) is 28.4 Å². The van der Waals surface area contributed by atoms with Gasteiger partial charge >= 0.3 is 11.9 Å². The van der Waals surface area contributed by atoms with Gasteiger partial charge in [0, 0.05) is 17.2 Å². The van der Waals surface area contributed by atoms with Gasteiger partial charge in [-0.25, -0.2) is 14.6 Å². The molecular weight excluding hydrogens is 620 g/mol. The van der Waals surface area contributed by atoms with E-state index in [9.17, 15) is 14.4 Å². The molecule has 10 nitrogen and oxygen atoms in total. The van der Waals surface area contributed by atoms with Crippen LogP contribution in [-0.4, -0.2) is 36.5 Å². The van der Waals surface area contributed by atoms with Crippen molar-refractivity contribution >= 4 is 35.0 Å². The number of rotatable bonds is 8. The number of hydrogen-bond acceptors (Lipinski definition) is 10. The maximum atomic E-state index is 14.2. The van der Waals surface area contributed by atoms with E-state index in [0.717, 1.165) is 5.56 Å². The molecule has 0 saturated heterocycles. The number of aromatic nitrogens is 1. The fraction of sp³-hybridized carbons (Fsp3) is 0.167. The van der Waals surface area contributed by atoms with Crippen LogP contribution in [0.15, 0.2) is 105 Å². The van der Waals surface area contributed by atoms with Crippen LogP contribution < -0.4 is 24.4 Å². The predicted molar refractivity (Wildman–Crippen MR) is 174 cm³/mol. The SMILES string of the molecule is CCOC(=O)C1=C(c2ccccc2)N=c2s/c(=C\c3ccc(-c4ccc(C(=O)OCC)cc4)o3)c(=O)n2C1c1ccc2c(c1)OCO2. The molecular formula is C36H28N2O8S. The minimum absolute atomic E-state index is 0.0814. The number of ether oxygens (including phenoxy) is 4. The van der Waals surface area contributed by atoms with Crippen molar-refractivity contribution in [3.63, 3.8) is 0 Å². The van der Waals surface area contributed by atoms with E-state index >= 15 is 0 Å². The number of nitrogens with zero attached hydrogens (tertiary/aromatic N) is 2. The lowest BCUT2D eigenvalue weighted by Crippen LogP contribution is -2.40. The summed E-state index contributed by atoms with van der Waals surface area (Å²) in [5.41, 5.74) is 2.87. The highest BCUT2D eigenvalue weighted by atomic mass is 32.1. The summed E-state index contributed by atoms with van der Waals surface area (Å²) in [4.78, 5) is 45.2. The first-order valence-corrected chi connectivity index (χ1v) is 15.8. The Morgan fingerprint density at radius 1 is 0.894 bits per heavy atom. The minimum Gasteiger partial charge on any atom is -0.463 e. The lowest BCUT2D eigenvalue weighted by molar-refractivity contribution is -0.138. The standard InChI is InChI=1S/C36H28N2O8S/c1-3-42-34(40)23-12-10-21(11-13-23)26-17-15-25(46-26)19-29-33(39)38-32(24-14-16-27-28(18-24)45-20-44-27)30(35(41)43-4-2)31(37-36(38)47-29)22-8-6-5-7-9-22/h5-19,32H,3-4,20H2,1-2H3/b29-19-. The van der Waals surface area contributed by atoms with Gasteiger partial charge in [0.2, 0.25) is 6.79 Å². The van der Waals surface area contributed by atoms with Crippen LogP contribution in [-0.2, 0) is 14.3 Å². The Labute approximate surface area is 272 Å². The third kappa shape index (κ3) is 5.66. The average molecular weight is 649 g/mol. The van der Waals surface area contributed by atoms with Crippen LogP contribution in [0.2, 0.25) is 0 Å². The lowest BCUT2D eigenvalue weighted by atomic mass is 9.93. The second-order valence-corrected chi connectivity index (χ2v) is 11.6. The number of carbonyl (C=O) groups excluding carboxylic acids is 2. The Balaban J connectivity index is 1.35. The third-order valence-electron chi connectivity index (χ3n) is 7.67. The molecule has 1 atom stereocenters. The van der Waals surface area contributed by atoms with Gasteiger partial charge in [0.25, 0.3) is 5.56 Å². The molecule has 0 N–H and O–H groups in total. The summed E-state index contributed by atoms with van der Waals surface area (Å²) in [6.45, 7) is 4.01. The molecule has 5 aromatic rings. The summed E-state index contributed by atoms with van der Waals surface area (Å²) in [6.07, 6.45) is 1.66. The van der Waals surface area contributed by atoms with Gasteiger partial charge in [-0.2, -0.15) is 0 Å². The van der Waals surface area contributed by atoms with Gasteiger partial charge in [0.05, 0.1) is 40.6 Å². The smallest absolute Gasteiger partial charge is 0.338 e. The van der Waals surface area contributed by atoms with E-state index in [0.29, 0.717) is 61.3 Å². The van der Waals surface area contributed by atoms with Crippen LogP contribution in [0.3, 0.4) is 0 Å². The first kappa shape index (κ1) is 30.0. The molecule has 2 aliphatic rings. The summed E-state index contributed by atoms with van der Waals surface area (Å²) in [5, 5.41) is 0. The van der Waals surface area contributed by atoms with Crippen LogP contribution in [0.1, 0.15) is 47.1 Å². The van der Waals surface area contributed by atoms with Crippen LogP contribution in [0.25, 0.3) is 23.1 Å². The van der Waals surface area contributed by atoms with Gasteiger partial charge in [-0.1, -0.05) is 59.9 Å². The minimum atomic E-state index is -0.859. The third-order valence-corrected chi connectivity index (χ3v) is 8.65. The van der Waals surface area contributed by atoms with Crippen molar-refractivity contribution < 1.29 is 33.0 Å². The second-order valence-electron chi connectivity index (χ2n) is 10.5. The molecule has 0 amide bonds. The van der Waals surface area contributed by atoms with Crippen molar-refractivity contribution in [2.24, 2.45) is 4.99 Å². The maximum Gasteiger partial charge on any atom is 0.338 e. The van der Waals surface area contributed by atoms with Gasteiger partial charge in [0.1, 0.15) is 11.5 Å². The quantitative estimate of drug-likeness (QED) is 0.213. The van der Waals surface area contributed by atoms with Gasteiger partial charge in [0.15, 0.2) is 16.3 Å². The highest BCUT2D eigenvalue weighted by molar-refractivity contribution is 7.07. The van der Waals surface area contributed by atoms with Crippen molar-refractivity contribution in [2.75, 3.05) is 20.0 Å². The number of esters is 2. The molecule has 0 fully saturated rings. The number of carbonyl (C=O) groups is 2. The van der Waals surface area contributed by atoms with E-state index in [2.05, 4.69) is 0 Å². The summed E-state index contributed by atoms with van der Waals surface area (Å²) in [5.74, 6) is 1.15. The van der Waals surface area contributed by atoms with Crippen molar-refractivity contribution in [2.45, 2.75) is 19.9 Å². The van der Waals surface area contributed by atoms with Crippen LogP contribution in [0.5, 0.6) is 11.5 Å². The van der Waals surface area contributed by atoms with Gasteiger partial charge in [-0.05, 0) is 55.8 Å². The average Bonchev–Trinajstić information content (AvgIpc) is 3.84. The van der Waals surface area contributed by atoms with Gasteiger partial charge < -0.3 is 23.4 Å². The number of hydrogen-bond donors (Lipinski definition) is 0. The monoisotopic (exact) mass is 648 g/mol. The fourth-order valence-corrected chi connectivity index (χ4v) is 6.52. The molecule has 0 radical (unpaired) electrons. The summed E-state index contributed by atoms with van der Waals surface area (Å²) >= 11 is 1.20.